The maximum absolute atomic E-state index is 11.7. The number of halogens is 1. The van der Waals surface area contributed by atoms with Crippen molar-refractivity contribution >= 4 is 27.3 Å². The minimum absolute atomic E-state index is 0.158. The Kier molecular flexibility index (Phi) is 4.62. The largest absolute Gasteiger partial charge is 0.283 e. The van der Waals surface area contributed by atoms with Crippen LogP contribution in [0.2, 0.25) is 5.02 Å². The number of nitrogens with one attached hydrogen (secondary N) is 1. The van der Waals surface area contributed by atoms with Gasteiger partial charge in [-0.2, -0.15) is 0 Å². The summed E-state index contributed by atoms with van der Waals surface area (Å²) in [4.78, 5) is 0. The SMILES string of the molecule is CCCCS(=O)(=O)Nc1ccc(Cl)cc1C. The highest BCUT2D eigenvalue weighted by Gasteiger charge is 2.10. The molecule has 0 heterocycles. The molecule has 0 aromatic heterocycles. The number of benzene rings is 1. The van der Waals surface area contributed by atoms with E-state index in [0.717, 1.165) is 12.0 Å². The molecule has 5 heteroatoms. The van der Waals surface area contributed by atoms with Crippen LogP contribution in [0, 0.1) is 6.92 Å². The topological polar surface area (TPSA) is 46.2 Å². The molecule has 0 radical (unpaired) electrons. The molecule has 0 aliphatic rings. The van der Waals surface area contributed by atoms with Gasteiger partial charge in [0.1, 0.15) is 0 Å². The highest BCUT2D eigenvalue weighted by molar-refractivity contribution is 7.92. The first kappa shape index (κ1) is 13.3. The van der Waals surface area contributed by atoms with Gasteiger partial charge < -0.3 is 0 Å². The summed E-state index contributed by atoms with van der Waals surface area (Å²) in [5.41, 5.74) is 1.42. The molecule has 0 unspecified atom stereocenters. The van der Waals surface area contributed by atoms with Crippen molar-refractivity contribution in [2.45, 2.75) is 26.7 Å². The molecule has 0 amide bonds. The van der Waals surface area contributed by atoms with Gasteiger partial charge in [0, 0.05) is 5.02 Å². The third kappa shape index (κ3) is 4.02. The van der Waals surface area contributed by atoms with Gasteiger partial charge >= 0.3 is 0 Å². The second-order valence-corrected chi connectivity index (χ2v) is 6.01. The summed E-state index contributed by atoms with van der Waals surface area (Å²) >= 11 is 5.79. The van der Waals surface area contributed by atoms with Crippen LogP contribution in [0.25, 0.3) is 0 Å². The number of rotatable bonds is 5. The van der Waals surface area contributed by atoms with E-state index < -0.39 is 10.0 Å². The summed E-state index contributed by atoms with van der Waals surface area (Å²) in [5, 5.41) is 0.606. The van der Waals surface area contributed by atoms with Gasteiger partial charge in [-0.1, -0.05) is 24.9 Å². The molecule has 90 valence electrons. The quantitative estimate of drug-likeness (QED) is 0.885. The minimum atomic E-state index is -3.23. The normalized spacial score (nSPS) is 11.4. The standard InChI is InChI=1S/C11H16ClNO2S/c1-3-4-7-16(14,15)13-11-6-5-10(12)8-9(11)2/h5-6,8,13H,3-4,7H2,1-2H3. The Balaban J connectivity index is 2.80. The van der Waals surface area contributed by atoms with Gasteiger partial charge in [-0.15, -0.1) is 0 Å². The molecule has 0 aliphatic heterocycles. The maximum atomic E-state index is 11.7. The first-order chi connectivity index (χ1) is 7.44. The molecule has 0 aliphatic carbocycles. The van der Waals surface area contributed by atoms with Crippen molar-refractivity contribution in [1.82, 2.24) is 0 Å². The van der Waals surface area contributed by atoms with Crippen LogP contribution in [-0.2, 0) is 10.0 Å². The van der Waals surface area contributed by atoms with Crippen molar-refractivity contribution < 1.29 is 8.42 Å². The van der Waals surface area contributed by atoms with Crippen molar-refractivity contribution in [3.8, 4) is 0 Å². The molecule has 16 heavy (non-hydrogen) atoms. The van der Waals surface area contributed by atoms with E-state index in [1.807, 2.05) is 13.8 Å². The Labute approximate surface area is 102 Å². The lowest BCUT2D eigenvalue weighted by Gasteiger charge is -2.10. The van der Waals surface area contributed by atoms with Gasteiger partial charge in [-0.05, 0) is 37.1 Å². The summed E-state index contributed by atoms with van der Waals surface area (Å²) in [6.45, 7) is 3.78. The predicted molar refractivity (Wildman–Crippen MR) is 68.5 cm³/mol. The molecular weight excluding hydrogens is 246 g/mol. The Hall–Kier alpha value is -0.740. The maximum Gasteiger partial charge on any atom is 0.232 e. The first-order valence-corrected chi connectivity index (χ1v) is 7.24. The molecule has 0 fully saturated rings. The Morgan fingerprint density at radius 2 is 2.06 bits per heavy atom. The average Bonchev–Trinajstić information content (AvgIpc) is 2.19. The molecule has 0 bridgehead atoms. The van der Waals surface area contributed by atoms with Crippen molar-refractivity contribution in [1.29, 1.82) is 0 Å². The number of anilines is 1. The van der Waals surface area contributed by atoms with Gasteiger partial charge in [0.05, 0.1) is 11.4 Å². The Morgan fingerprint density at radius 1 is 1.38 bits per heavy atom. The van der Waals surface area contributed by atoms with Crippen LogP contribution in [0.1, 0.15) is 25.3 Å². The van der Waals surface area contributed by atoms with Crippen LogP contribution < -0.4 is 4.72 Å². The fraction of sp³-hybridized carbons (Fsp3) is 0.455. The second-order valence-electron chi connectivity index (χ2n) is 3.73. The van der Waals surface area contributed by atoms with Crippen molar-refractivity contribution in [2.24, 2.45) is 0 Å². The Morgan fingerprint density at radius 3 is 2.62 bits per heavy atom. The van der Waals surface area contributed by atoms with Gasteiger partial charge in [0.2, 0.25) is 10.0 Å². The predicted octanol–water partition coefficient (Wildman–Crippen LogP) is 3.19. The number of unbranched alkanes of at least 4 members (excludes halogenated alkanes) is 1. The lowest BCUT2D eigenvalue weighted by molar-refractivity contribution is 0.598. The lowest BCUT2D eigenvalue weighted by atomic mass is 10.2. The van der Waals surface area contributed by atoms with Crippen LogP contribution in [-0.4, -0.2) is 14.2 Å². The van der Waals surface area contributed by atoms with Crippen LogP contribution in [0.3, 0.4) is 0 Å². The van der Waals surface area contributed by atoms with Crippen LogP contribution in [0.4, 0.5) is 5.69 Å². The molecular formula is C11H16ClNO2S. The second kappa shape index (κ2) is 5.55. The molecule has 0 atom stereocenters. The smallest absolute Gasteiger partial charge is 0.232 e. The van der Waals surface area contributed by atoms with Crippen LogP contribution >= 0.6 is 11.6 Å². The van der Waals surface area contributed by atoms with E-state index in [1.54, 1.807) is 18.2 Å². The van der Waals surface area contributed by atoms with Crippen molar-refractivity contribution in [3.05, 3.63) is 28.8 Å². The zero-order valence-electron chi connectivity index (χ0n) is 9.46. The minimum Gasteiger partial charge on any atom is -0.283 e. The summed E-state index contributed by atoms with van der Waals surface area (Å²) in [6.07, 6.45) is 1.53. The summed E-state index contributed by atoms with van der Waals surface area (Å²) in [7, 11) is -3.23. The number of hydrogen-bond donors (Lipinski definition) is 1. The third-order valence-corrected chi connectivity index (χ3v) is 3.81. The highest BCUT2D eigenvalue weighted by atomic mass is 35.5. The fourth-order valence-electron chi connectivity index (χ4n) is 1.29. The summed E-state index contributed by atoms with van der Waals surface area (Å²) < 4.78 is 25.9. The summed E-state index contributed by atoms with van der Waals surface area (Å²) in [5.74, 6) is 0.158. The molecule has 1 aromatic carbocycles. The molecule has 0 spiro atoms. The van der Waals surface area contributed by atoms with E-state index in [0.29, 0.717) is 17.1 Å². The van der Waals surface area contributed by atoms with E-state index in [-0.39, 0.29) is 5.75 Å². The zero-order chi connectivity index (χ0) is 12.2. The van der Waals surface area contributed by atoms with Crippen molar-refractivity contribution in [3.63, 3.8) is 0 Å². The molecule has 0 saturated heterocycles. The average molecular weight is 262 g/mol. The van der Waals surface area contributed by atoms with Crippen LogP contribution in [0.5, 0.6) is 0 Å². The van der Waals surface area contributed by atoms with Crippen molar-refractivity contribution in [2.75, 3.05) is 10.5 Å². The van der Waals surface area contributed by atoms with Gasteiger partial charge in [-0.25, -0.2) is 8.42 Å². The zero-order valence-corrected chi connectivity index (χ0v) is 11.0. The van der Waals surface area contributed by atoms with Gasteiger partial charge in [-0.3, -0.25) is 4.72 Å². The van der Waals surface area contributed by atoms with E-state index in [2.05, 4.69) is 4.72 Å². The molecule has 0 saturated carbocycles. The monoisotopic (exact) mass is 261 g/mol. The lowest BCUT2D eigenvalue weighted by Crippen LogP contribution is -2.17. The Bertz CT molecular complexity index is 457. The number of sulfonamides is 1. The van der Waals surface area contributed by atoms with E-state index in [4.69, 9.17) is 11.6 Å². The van der Waals surface area contributed by atoms with E-state index >= 15 is 0 Å². The first-order valence-electron chi connectivity index (χ1n) is 5.21. The molecule has 1 rings (SSSR count). The molecule has 3 nitrogen and oxygen atoms in total. The number of hydrogen-bond acceptors (Lipinski definition) is 2. The highest BCUT2D eigenvalue weighted by Crippen LogP contribution is 2.20. The molecule has 1 aromatic rings. The van der Waals surface area contributed by atoms with E-state index in [9.17, 15) is 8.42 Å². The van der Waals surface area contributed by atoms with Crippen LogP contribution in [0.15, 0.2) is 18.2 Å². The van der Waals surface area contributed by atoms with Gasteiger partial charge in [0.15, 0.2) is 0 Å². The van der Waals surface area contributed by atoms with E-state index in [1.165, 1.54) is 0 Å². The molecule has 1 N–H and O–H groups in total. The summed E-state index contributed by atoms with van der Waals surface area (Å²) in [6, 6.07) is 5.09. The fourth-order valence-corrected chi connectivity index (χ4v) is 2.86. The third-order valence-electron chi connectivity index (χ3n) is 2.22. The number of aryl methyl sites for hydroxylation is 1. The van der Waals surface area contributed by atoms with Gasteiger partial charge in [0.25, 0.3) is 0 Å².